The third-order valence-electron chi connectivity index (χ3n) is 7.83. The van der Waals surface area contributed by atoms with Gasteiger partial charge in [-0.2, -0.15) is 0 Å². The van der Waals surface area contributed by atoms with E-state index in [1.807, 2.05) is 48.5 Å². The summed E-state index contributed by atoms with van der Waals surface area (Å²) in [6.07, 6.45) is 6.00. The fourth-order valence-corrected chi connectivity index (χ4v) is 5.48. The molecule has 0 aromatic heterocycles. The number of ether oxygens (including phenoxy) is 2. The zero-order chi connectivity index (χ0) is 29.0. The smallest absolute Gasteiger partial charge is 0.335 e. The molecule has 206 valence electrons. The first-order chi connectivity index (χ1) is 19.8. The van der Waals surface area contributed by atoms with Gasteiger partial charge >= 0.3 is 11.9 Å². The number of rotatable bonds is 10. The van der Waals surface area contributed by atoms with Crippen molar-refractivity contribution >= 4 is 11.9 Å². The highest BCUT2D eigenvalue weighted by molar-refractivity contribution is 5.84. The van der Waals surface area contributed by atoms with E-state index in [2.05, 4.69) is 63.4 Å². The summed E-state index contributed by atoms with van der Waals surface area (Å²) in [5.74, 6) is 0.150. The van der Waals surface area contributed by atoms with E-state index < -0.39 is 11.9 Å². The van der Waals surface area contributed by atoms with Crippen LogP contribution in [0, 0.1) is 0 Å². The van der Waals surface area contributed by atoms with Crippen molar-refractivity contribution in [2.45, 2.75) is 44.9 Å². The van der Waals surface area contributed by atoms with Gasteiger partial charge in [0.25, 0.3) is 0 Å². The summed E-state index contributed by atoms with van der Waals surface area (Å²) < 4.78 is 10.4. The van der Waals surface area contributed by atoms with Crippen LogP contribution in [0.4, 0.5) is 0 Å². The Hall–Kier alpha value is -4.70. The van der Waals surface area contributed by atoms with Gasteiger partial charge in [0.1, 0.15) is 11.5 Å². The molecular formula is C37H34O4. The summed E-state index contributed by atoms with van der Waals surface area (Å²) in [5, 5.41) is 0. The van der Waals surface area contributed by atoms with E-state index >= 15 is 0 Å². The molecule has 0 amide bonds. The lowest BCUT2D eigenvalue weighted by molar-refractivity contribution is -0.129. The van der Waals surface area contributed by atoms with Gasteiger partial charge in [0, 0.05) is 17.6 Å². The zero-order valence-electron chi connectivity index (χ0n) is 23.6. The topological polar surface area (TPSA) is 52.6 Å². The number of fused-ring (bicyclic) bond motifs is 3. The lowest BCUT2D eigenvalue weighted by Crippen LogP contribution is -2.15. The van der Waals surface area contributed by atoms with Crippen LogP contribution < -0.4 is 9.47 Å². The van der Waals surface area contributed by atoms with Crippen LogP contribution in [0.2, 0.25) is 0 Å². The molecule has 0 spiro atoms. The molecule has 0 fully saturated rings. The Labute approximate surface area is 242 Å². The van der Waals surface area contributed by atoms with Crippen LogP contribution in [-0.2, 0) is 40.7 Å². The first kappa shape index (κ1) is 27.9. The highest BCUT2D eigenvalue weighted by Gasteiger charge is 2.35. The number of carbonyl (C=O) groups excluding carboxylic acids is 2. The quantitative estimate of drug-likeness (QED) is 0.117. The van der Waals surface area contributed by atoms with E-state index in [0.717, 1.165) is 37.8 Å². The molecule has 0 N–H and O–H groups in total. The number of hydrogen-bond donors (Lipinski definition) is 0. The van der Waals surface area contributed by atoms with Gasteiger partial charge < -0.3 is 9.47 Å². The average Bonchev–Trinajstić information content (AvgIpc) is 3.21. The van der Waals surface area contributed by atoms with Gasteiger partial charge in [-0.1, -0.05) is 87.7 Å². The molecule has 4 aromatic rings. The van der Waals surface area contributed by atoms with Crippen LogP contribution in [0.15, 0.2) is 110 Å². The summed E-state index contributed by atoms with van der Waals surface area (Å²) in [6, 6.07) is 29.1. The summed E-state index contributed by atoms with van der Waals surface area (Å²) in [5.41, 5.74) is 10.3. The molecule has 4 heteroatoms. The van der Waals surface area contributed by atoms with Crippen LogP contribution >= 0.6 is 0 Å². The van der Waals surface area contributed by atoms with Gasteiger partial charge in [-0.3, -0.25) is 0 Å². The molecule has 0 aliphatic heterocycles. The molecular weight excluding hydrogens is 508 g/mol. The van der Waals surface area contributed by atoms with Gasteiger partial charge in [0.2, 0.25) is 0 Å². The number of benzene rings is 4. The van der Waals surface area contributed by atoms with Crippen molar-refractivity contribution < 1.29 is 19.1 Å². The van der Waals surface area contributed by atoms with Crippen molar-refractivity contribution in [3.8, 4) is 22.6 Å². The third kappa shape index (κ3) is 6.22. The van der Waals surface area contributed by atoms with Crippen LogP contribution in [0.3, 0.4) is 0 Å². The molecule has 0 radical (unpaired) electrons. The first-order valence-corrected chi connectivity index (χ1v) is 13.9. The molecule has 4 aromatic carbocycles. The largest absolute Gasteiger partial charge is 0.423 e. The van der Waals surface area contributed by atoms with E-state index in [-0.39, 0.29) is 5.41 Å². The van der Waals surface area contributed by atoms with Gasteiger partial charge in [0.05, 0.1) is 0 Å². The van der Waals surface area contributed by atoms with Crippen LogP contribution in [0.5, 0.6) is 11.5 Å². The second-order valence-corrected chi connectivity index (χ2v) is 10.9. The molecule has 0 saturated heterocycles. The Balaban J connectivity index is 1.24. The zero-order valence-corrected chi connectivity index (χ0v) is 23.6. The van der Waals surface area contributed by atoms with Gasteiger partial charge in [-0.05, 0) is 94.5 Å². The maximum absolute atomic E-state index is 11.4. The van der Waals surface area contributed by atoms with E-state index in [1.165, 1.54) is 44.5 Å². The minimum absolute atomic E-state index is 0.0793. The molecule has 5 rings (SSSR count). The summed E-state index contributed by atoms with van der Waals surface area (Å²) in [6.45, 7) is 11.5. The van der Waals surface area contributed by atoms with Crippen molar-refractivity contribution in [3.05, 3.63) is 144 Å². The molecule has 0 saturated carbocycles. The Kier molecular flexibility index (Phi) is 8.02. The van der Waals surface area contributed by atoms with Crippen molar-refractivity contribution in [2.75, 3.05) is 0 Å². The first-order valence-electron chi connectivity index (χ1n) is 13.9. The predicted octanol–water partition coefficient (Wildman–Crippen LogP) is 7.75. The van der Waals surface area contributed by atoms with Gasteiger partial charge in [-0.25, -0.2) is 9.59 Å². The Morgan fingerprint density at radius 1 is 0.585 bits per heavy atom. The van der Waals surface area contributed by atoms with Gasteiger partial charge in [0.15, 0.2) is 0 Å². The Morgan fingerprint density at radius 2 is 0.927 bits per heavy atom. The summed E-state index contributed by atoms with van der Waals surface area (Å²) in [4.78, 5) is 22.8. The van der Waals surface area contributed by atoms with Gasteiger partial charge in [-0.15, -0.1) is 0 Å². The predicted molar refractivity (Wildman–Crippen MR) is 163 cm³/mol. The fourth-order valence-electron chi connectivity index (χ4n) is 5.48. The lowest BCUT2D eigenvalue weighted by atomic mass is 9.81. The van der Waals surface area contributed by atoms with Crippen molar-refractivity contribution in [1.29, 1.82) is 0 Å². The van der Waals surface area contributed by atoms with Crippen LogP contribution in [0.25, 0.3) is 11.1 Å². The van der Waals surface area contributed by atoms with Crippen molar-refractivity contribution in [1.82, 2.24) is 0 Å². The number of aryl methyl sites for hydroxylation is 4. The minimum atomic E-state index is -0.452. The number of carbonyl (C=O) groups is 2. The molecule has 0 unspecified atom stereocenters. The third-order valence-corrected chi connectivity index (χ3v) is 7.83. The molecule has 1 aliphatic rings. The standard InChI is InChI=1S/C37H34O4/c1-5-35(38)40-29-17-11-25(12-18-29)7-9-27-15-21-31-32-22-16-28(24-34(32)37(3,4)33(31)23-27)10-8-26-13-19-30(20-14-26)41-36(39)6-2/h5-6,11-24H,1-2,7-10H2,3-4H3. The van der Waals surface area contributed by atoms with E-state index in [9.17, 15) is 9.59 Å². The molecule has 41 heavy (non-hydrogen) atoms. The second kappa shape index (κ2) is 11.8. The number of esters is 2. The van der Waals surface area contributed by atoms with E-state index in [1.54, 1.807) is 0 Å². The highest BCUT2D eigenvalue weighted by Crippen LogP contribution is 2.49. The maximum Gasteiger partial charge on any atom is 0.335 e. The average molecular weight is 543 g/mol. The van der Waals surface area contributed by atoms with E-state index in [4.69, 9.17) is 9.47 Å². The second-order valence-electron chi connectivity index (χ2n) is 10.9. The van der Waals surface area contributed by atoms with E-state index in [0.29, 0.717) is 11.5 Å². The molecule has 0 atom stereocenters. The summed E-state index contributed by atoms with van der Waals surface area (Å²) >= 11 is 0. The Bertz CT molecular complexity index is 1490. The maximum atomic E-state index is 11.4. The number of hydrogen-bond acceptors (Lipinski definition) is 4. The van der Waals surface area contributed by atoms with Crippen molar-refractivity contribution in [2.24, 2.45) is 0 Å². The fraction of sp³-hybridized carbons (Fsp3) is 0.189. The monoisotopic (exact) mass is 542 g/mol. The molecule has 0 bridgehead atoms. The van der Waals surface area contributed by atoms with Crippen LogP contribution in [0.1, 0.15) is 47.2 Å². The lowest BCUT2D eigenvalue weighted by Gasteiger charge is -2.22. The Morgan fingerprint density at radius 3 is 1.29 bits per heavy atom. The highest BCUT2D eigenvalue weighted by atomic mass is 16.5. The SMILES string of the molecule is C=CC(=O)Oc1ccc(CCc2ccc3c(c2)C(C)(C)c2cc(CCc4ccc(OC(=O)C=C)cc4)ccc2-3)cc1. The molecule has 4 nitrogen and oxygen atoms in total. The summed E-state index contributed by atoms with van der Waals surface area (Å²) in [7, 11) is 0. The van der Waals surface area contributed by atoms with Crippen LogP contribution in [-0.4, -0.2) is 11.9 Å². The minimum Gasteiger partial charge on any atom is -0.423 e. The van der Waals surface area contributed by atoms with Crippen molar-refractivity contribution in [3.63, 3.8) is 0 Å². The molecule has 1 aliphatic carbocycles. The normalized spacial score (nSPS) is 12.6. The molecule has 0 heterocycles.